The van der Waals surface area contributed by atoms with Crippen LogP contribution in [0.4, 0.5) is 0 Å². The summed E-state index contributed by atoms with van der Waals surface area (Å²) in [4.78, 5) is 15.5. The fraction of sp³-hybridized carbons (Fsp3) is 0.579. The van der Waals surface area contributed by atoms with Crippen molar-refractivity contribution in [3.8, 4) is 0 Å². The van der Waals surface area contributed by atoms with Gasteiger partial charge in [-0.15, -0.1) is 0 Å². The SMILES string of the molecule is CCOC(=O)C(=[N+]=[N-])[C@@]1(O)c2ccccc2C[C@@H]1O[Si](C)(C)C(C)(C)C. The van der Waals surface area contributed by atoms with Crippen molar-refractivity contribution in [3.63, 3.8) is 0 Å². The van der Waals surface area contributed by atoms with Gasteiger partial charge in [0.1, 0.15) is 0 Å². The molecule has 0 radical (unpaired) electrons. The third-order valence-corrected chi connectivity index (χ3v) is 9.96. The minimum Gasteiger partial charge on any atom is -0.457 e. The Bertz CT molecular complexity index is 750. The number of fused-ring (bicyclic) bond motifs is 1. The van der Waals surface area contributed by atoms with Gasteiger partial charge in [0.2, 0.25) is 5.60 Å². The summed E-state index contributed by atoms with van der Waals surface area (Å²) < 4.78 is 11.5. The summed E-state index contributed by atoms with van der Waals surface area (Å²) in [6, 6.07) is 7.26. The van der Waals surface area contributed by atoms with Crippen molar-refractivity contribution in [1.29, 1.82) is 0 Å². The predicted molar refractivity (Wildman–Crippen MR) is 101 cm³/mol. The van der Waals surface area contributed by atoms with E-state index >= 15 is 0 Å². The van der Waals surface area contributed by atoms with Crippen molar-refractivity contribution >= 4 is 20.0 Å². The van der Waals surface area contributed by atoms with Crippen molar-refractivity contribution in [2.45, 2.75) is 64.0 Å². The number of hydrogen-bond acceptors (Lipinski definition) is 4. The van der Waals surface area contributed by atoms with Crippen molar-refractivity contribution in [2.75, 3.05) is 6.61 Å². The Morgan fingerprint density at radius 2 is 2.00 bits per heavy atom. The normalized spacial score (nSPS) is 22.5. The minimum absolute atomic E-state index is 0.0802. The Kier molecular flexibility index (Phi) is 5.59. The smallest absolute Gasteiger partial charge is 0.420 e. The van der Waals surface area contributed by atoms with Crippen LogP contribution in [0, 0.1) is 0 Å². The molecule has 0 unspecified atom stereocenters. The first-order valence-corrected chi connectivity index (χ1v) is 11.8. The van der Waals surface area contributed by atoms with E-state index in [0.717, 1.165) is 5.56 Å². The quantitative estimate of drug-likeness (QED) is 0.281. The molecule has 0 saturated carbocycles. The van der Waals surface area contributed by atoms with Gasteiger partial charge in [0.15, 0.2) is 8.32 Å². The zero-order chi connectivity index (χ0) is 19.8. The van der Waals surface area contributed by atoms with Gasteiger partial charge in [-0.3, -0.25) is 0 Å². The first-order chi connectivity index (χ1) is 12.0. The fourth-order valence-corrected chi connectivity index (χ4v) is 4.32. The van der Waals surface area contributed by atoms with E-state index in [-0.39, 0.29) is 11.6 Å². The highest BCUT2D eigenvalue weighted by Crippen LogP contribution is 2.45. The van der Waals surface area contributed by atoms with E-state index < -0.39 is 31.7 Å². The molecule has 0 bridgehead atoms. The molecule has 0 heterocycles. The number of aliphatic hydroxyl groups is 1. The molecule has 0 fully saturated rings. The van der Waals surface area contributed by atoms with Gasteiger partial charge >= 0.3 is 11.7 Å². The topological polar surface area (TPSA) is 92.2 Å². The van der Waals surface area contributed by atoms with E-state index in [2.05, 4.69) is 38.7 Å². The van der Waals surface area contributed by atoms with Crippen molar-refractivity contribution in [1.82, 2.24) is 0 Å². The van der Waals surface area contributed by atoms with Crippen LogP contribution in [0.3, 0.4) is 0 Å². The fourth-order valence-electron chi connectivity index (χ4n) is 3.00. The van der Waals surface area contributed by atoms with E-state index in [4.69, 9.17) is 9.16 Å². The number of nitrogens with zero attached hydrogens (tertiary/aromatic N) is 2. The lowest BCUT2D eigenvalue weighted by Crippen LogP contribution is -2.54. The third kappa shape index (κ3) is 3.40. The number of carbonyl (C=O) groups excluding carboxylic acids is 1. The van der Waals surface area contributed by atoms with Crippen LogP contribution in [0.5, 0.6) is 0 Å². The van der Waals surface area contributed by atoms with Crippen molar-refractivity contribution < 1.29 is 23.9 Å². The summed E-state index contributed by atoms with van der Waals surface area (Å²) >= 11 is 0. The number of esters is 1. The van der Waals surface area contributed by atoms with Crippen LogP contribution in [0.2, 0.25) is 18.1 Å². The van der Waals surface area contributed by atoms with Crippen molar-refractivity contribution in [2.24, 2.45) is 0 Å². The standard InChI is InChI=1S/C19H28N2O4Si/c1-7-24-17(22)16(21-20)19(23)14-11-9-8-10-13(14)12-15(19)25-26(5,6)18(2,3)4/h8-11,15,23H,7,12H2,1-6H3/t15-,19+/m0/s1. The summed E-state index contributed by atoms with van der Waals surface area (Å²) in [5.41, 5.74) is 8.63. The number of carbonyl (C=O) groups is 1. The predicted octanol–water partition coefficient (Wildman–Crippen LogP) is 3.05. The molecular weight excluding hydrogens is 348 g/mol. The van der Waals surface area contributed by atoms with E-state index in [1.165, 1.54) is 0 Å². The van der Waals surface area contributed by atoms with Gasteiger partial charge in [0, 0.05) is 12.0 Å². The van der Waals surface area contributed by atoms with E-state index in [1.54, 1.807) is 19.1 Å². The summed E-state index contributed by atoms with van der Waals surface area (Å²) in [6.07, 6.45) is -0.298. The minimum atomic E-state index is -2.26. The second kappa shape index (κ2) is 7.08. The van der Waals surface area contributed by atoms with E-state index in [9.17, 15) is 15.4 Å². The average molecular weight is 377 g/mol. The Balaban J connectivity index is 2.56. The summed E-state index contributed by atoms with van der Waals surface area (Å²) in [7, 11) is -2.26. The zero-order valence-electron chi connectivity index (χ0n) is 16.4. The van der Waals surface area contributed by atoms with Crippen LogP contribution >= 0.6 is 0 Å². The molecule has 1 N–H and O–H groups in total. The maximum absolute atomic E-state index is 12.4. The second-order valence-corrected chi connectivity index (χ2v) is 12.9. The van der Waals surface area contributed by atoms with Crippen LogP contribution in [0.25, 0.3) is 5.53 Å². The third-order valence-electron chi connectivity index (χ3n) is 5.47. The van der Waals surface area contributed by atoms with Crippen LogP contribution in [-0.4, -0.2) is 42.6 Å². The Morgan fingerprint density at radius 1 is 1.38 bits per heavy atom. The van der Waals surface area contributed by atoms with Crippen LogP contribution < -0.4 is 0 Å². The largest absolute Gasteiger partial charge is 0.457 e. The molecule has 26 heavy (non-hydrogen) atoms. The monoisotopic (exact) mass is 376 g/mol. The Hall–Kier alpha value is -1.79. The number of rotatable bonds is 5. The molecule has 0 spiro atoms. The van der Waals surface area contributed by atoms with Gasteiger partial charge < -0.3 is 19.8 Å². The van der Waals surface area contributed by atoms with Gasteiger partial charge in [-0.25, -0.2) is 4.79 Å². The first kappa shape index (κ1) is 20.5. The molecule has 7 heteroatoms. The lowest BCUT2D eigenvalue weighted by Gasteiger charge is -2.40. The Morgan fingerprint density at radius 3 is 2.54 bits per heavy atom. The van der Waals surface area contributed by atoms with Gasteiger partial charge in [0.25, 0.3) is 0 Å². The molecule has 1 aromatic rings. The van der Waals surface area contributed by atoms with Gasteiger partial charge in [-0.1, -0.05) is 45.0 Å². The summed E-state index contributed by atoms with van der Waals surface area (Å²) in [5, 5.41) is 11.5. The van der Waals surface area contributed by atoms with Crippen molar-refractivity contribution in [3.05, 3.63) is 40.9 Å². The number of hydrogen-bond donors (Lipinski definition) is 1. The van der Waals surface area contributed by atoms with Crippen LogP contribution in [-0.2, 0) is 26.0 Å². The number of benzene rings is 1. The lowest BCUT2D eigenvalue weighted by atomic mass is 9.88. The molecule has 1 aliphatic carbocycles. The number of ether oxygens (including phenoxy) is 1. The maximum Gasteiger partial charge on any atom is 0.420 e. The zero-order valence-corrected chi connectivity index (χ0v) is 17.4. The lowest BCUT2D eigenvalue weighted by molar-refractivity contribution is -0.146. The molecule has 0 amide bonds. The second-order valence-electron chi connectivity index (χ2n) is 8.16. The molecule has 0 saturated heterocycles. The highest BCUT2D eigenvalue weighted by Gasteiger charge is 2.60. The van der Waals surface area contributed by atoms with E-state index in [1.807, 2.05) is 12.1 Å². The molecule has 142 valence electrons. The van der Waals surface area contributed by atoms with Gasteiger partial charge in [-0.2, -0.15) is 4.79 Å². The van der Waals surface area contributed by atoms with Crippen LogP contribution in [0.15, 0.2) is 24.3 Å². The molecule has 2 rings (SSSR count). The highest BCUT2D eigenvalue weighted by atomic mass is 28.4. The summed E-state index contributed by atoms with van der Waals surface area (Å²) in [6.45, 7) is 12.2. The molecule has 1 aromatic carbocycles. The Labute approximate surface area is 155 Å². The van der Waals surface area contributed by atoms with E-state index in [0.29, 0.717) is 12.0 Å². The first-order valence-electron chi connectivity index (χ1n) is 8.87. The van der Waals surface area contributed by atoms with Crippen LogP contribution in [0.1, 0.15) is 38.8 Å². The maximum atomic E-state index is 12.4. The molecule has 6 nitrogen and oxygen atoms in total. The van der Waals surface area contributed by atoms with Gasteiger partial charge in [-0.05, 0) is 30.6 Å². The average Bonchev–Trinajstić information content (AvgIpc) is 2.80. The highest BCUT2D eigenvalue weighted by molar-refractivity contribution is 6.74. The summed E-state index contributed by atoms with van der Waals surface area (Å²) in [5.74, 6) is -0.849. The molecule has 2 atom stereocenters. The molecular formula is C19H28N2O4Si. The molecule has 1 aliphatic rings. The molecule has 0 aliphatic heterocycles. The molecule has 0 aromatic heterocycles. The van der Waals surface area contributed by atoms with Gasteiger partial charge in [0.05, 0.1) is 12.7 Å².